The van der Waals surface area contributed by atoms with Crippen molar-refractivity contribution < 1.29 is 9.53 Å². The van der Waals surface area contributed by atoms with Gasteiger partial charge in [0.15, 0.2) is 0 Å². The molecule has 158 valence electrons. The molecule has 0 atom stereocenters. The number of ether oxygens (including phenoxy) is 1. The second-order valence-corrected chi connectivity index (χ2v) is 9.92. The van der Waals surface area contributed by atoms with E-state index in [0.29, 0.717) is 12.5 Å². The number of hydrogen-bond donors (Lipinski definition) is 0. The van der Waals surface area contributed by atoms with Crippen LogP contribution in [0, 0.1) is 0 Å². The SMILES string of the molecule is CC(C)c1ccc(OCc2csc(C(=O)N3CCN(Cc4cccs4)CC3)c2)cc1. The Morgan fingerprint density at radius 1 is 1.07 bits per heavy atom. The number of piperazine rings is 1. The fourth-order valence-electron chi connectivity index (χ4n) is 3.57. The Labute approximate surface area is 186 Å². The summed E-state index contributed by atoms with van der Waals surface area (Å²) in [7, 11) is 0. The van der Waals surface area contributed by atoms with E-state index in [1.54, 1.807) is 11.3 Å². The summed E-state index contributed by atoms with van der Waals surface area (Å²) in [5, 5.41) is 4.15. The third-order valence-electron chi connectivity index (χ3n) is 5.44. The van der Waals surface area contributed by atoms with E-state index in [4.69, 9.17) is 4.74 Å². The standard InChI is InChI=1S/C24H28N2O2S2/c1-18(2)20-5-7-21(8-6-20)28-16-19-14-23(30-17-19)24(27)26-11-9-25(10-12-26)15-22-4-3-13-29-22/h3-8,13-14,17-18H,9-12,15-16H2,1-2H3. The number of carbonyl (C=O) groups excluding carboxylic acids is 1. The molecule has 1 aliphatic rings. The lowest BCUT2D eigenvalue weighted by Gasteiger charge is -2.34. The van der Waals surface area contributed by atoms with Crippen molar-refractivity contribution in [2.45, 2.75) is 32.9 Å². The van der Waals surface area contributed by atoms with Gasteiger partial charge in [0.2, 0.25) is 0 Å². The number of rotatable bonds is 7. The zero-order chi connectivity index (χ0) is 20.9. The van der Waals surface area contributed by atoms with Crippen LogP contribution in [0.25, 0.3) is 0 Å². The number of benzene rings is 1. The van der Waals surface area contributed by atoms with Crippen molar-refractivity contribution in [2.24, 2.45) is 0 Å². The van der Waals surface area contributed by atoms with Crippen molar-refractivity contribution in [3.05, 3.63) is 74.1 Å². The average Bonchev–Trinajstić information content (AvgIpc) is 3.45. The third-order valence-corrected chi connectivity index (χ3v) is 7.26. The summed E-state index contributed by atoms with van der Waals surface area (Å²) in [6.45, 7) is 9.27. The van der Waals surface area contributed by atoms with E-state index in [1.807, 2.05) is 28.5 Å². The first-order valence-electron chi connectivity index (χ1n) is 10.4. The van der Waals surface area contributed by atoms with Gasteiger partial charge in [-0.3, -0.25) is 9.69 Å². The normalized spacial score (nSPS) is 15.0. The highest BCUT2D eigenvalue weighted by Gasteiger charge is 2.23. The van der Waals surface area contributed by atoms with Crippen LogP contribution in [0.2, 0.25) is 0 Å². The van der Waals surface area contributed by atoms with Gasteiger partial charge in [0.1, 0.15) is 12.4 Å². The molecule has 1 amide bonds. The van der Waals surface area contributed by atoms with Crippen LogP contribution in [0.1, 0.15) is 45.4 Å². The second-order valence-electron chi connectivity index (χ2n) is 7.98. The van der Waals surface area contributed by atoms with Gasteiger partial charge in [-0.2, -0.15) is 0 Å². The Hall–Kier alpha value is -2.15. The van der Waals surface area contributed by atoms with Gasteiger partial charge in [-0.05, 0) is 46.5 Å². The van der Waals surface area contributed by atoms with Crippen molar-refractivity contribution in [1.82, 2.24) is 9.80 Å². The van der Waals surface area contributed by atoms with Gasteiger partial charge in [0.05, 0.1) is 4.88 Å². The van der Waals surface area contributed by atoms with Crippen molar-refractivity contribution in [3.63, 3.8) is 0 Å². The zero-order valence-electron chi connectivity index (χ0n) is 17.5. The van der Waals surface area contributed by atoms with Crippen molar-refractivity contribution in [2.75, 3.05) is 26.2 Å². The summed E-state index contributed by atoms with van der Waals surface area (Å²) in [5.74, 6) is 1.52. The van der Waals surface area contributed by atoms with Gasteiger partial charge in [0.25, 0.3) is 5.91 Å². The number of amides is 1. The molecule has 0 aliphatic carbocycles. The maximum atomic E-state index is 12.9. The largest absolute Gasteiger partial charge is 0.489 e. The van der Waals surface area contributed by atoms with E-state index in [-0.39, 0.29) is 5.91 Å². The van der Waals surface area contributed by atoms with Crippen LogP contribution < -0.4 is 4.74 Å². The molecular weight excluding hydrogens is 412 g/mol. The molecule has 0 unspecified atom stereocenters. The molecule has 0 spiro atoms. The van der Waals surface area contributed by atoms with E-state index in [2.05, 4.69) is 48.4 Å². The molecule has 1 saturated heterocycles. The quantitative estimate of drug-likeness (QED) is 0.488. The van der Waals surface area contributed by atoms with Gasteiger partial charge in [0, 0.05) is 43.2 Å². The molecule has 1 aromatic carbocycles. The van der Waals surface area contributed by atoms with Crippen LogP contribution in [-0.2, 0) is 13.2 Å². The van der Waals surface area contributed by atoms with E-state index >= 15 is 0 Å². The molecule has 3 aromatic rings. The minimum Gasteiger partial charge on any atom is -0.489 e. The lowest BCUT2D eigenvalue weighted by atomic mass is 10.0. The van der Waals surface area contributed by atoms with E-state index in [0.717, 1.165) is 48.9 Å². The van der Waals surface area contributed by atoms with E-state index in [9.17, 15) is 4.79 Å². The second kappa shape index (κ2) is 9.77. The summed E-state index contributed by atoms with van der Waals surface area (Å²) in [6.07, 6.45) is 0. The summed E-state index contributed by atoms with van der Waals surface area (Å²) in [6, 6.07) is 14.5. The molecule has 0 bridgehead atoms. The number of hydrogen-bond acceptors (Lipinski definition) is 5. The highest BCUT2D eigenvalue weighted by Crippen LogP contribution is 2.22. The van der Waals surface area contributed by atoms with Crippen LogP contribution in [0.15, 0.2) is 53.2 Å². The lowest BCUT2D eigenvalue weighted by molar-refractivity contribution is 0.0634. The van der Waals surface area contributed by atoms with Gasteiger partial charge in [-0.25, -0.2) is 0 Å². The Bertz CT molecular complexity index is 940. The van der Waals surface area contributed by atoms with Crippen LogP contribution in [0.5, 0.6) is 5.75 Å². The average molecular weight is 441 g/mol. The van der Waals surface area contributed by atoms with Crippen molar-refractivity contribution >= 4 is 28.6 Å². The summed E-state index contributed by atoms with van der Waals surface area (Å²) < 4.78 is 5.91. The van der Waals surface area contributed by atoms with Crippen molar-refractivity contribution in [3.8, 4) is 5.75 Å². The first-order chi connectivity index (χ1) is 14.6. The Morgan fingerprint density at radius 3 is 2.50 bits per heavy atom. The maximum Gasteiger partial charge on any atom is 0.264 e. The van der Waals surface area contributed by atoms with Crippen LogP contribution in [-0.4, -0.2) is 41.9 Å². The molecule has 1 fully saturated rings. The summed E-state index contributed by atoms with van der Waals surface area (Å²) in [4.78, 5) is 19.5. The van der Waals surface area contributed by atoms with Crippen LogP contribution in [0.4, 0.5) is 0 Å². The smallest absolute Gasteiger partial charge is 0.264 e. The fraction of sp³-hybridized carbons (Fsp3) is 0.375. The number of thiophene rings is 2. The zero-order valence-corrected chi connectivity index (χ0v) is 19.2. The highest BCUT2D eigenvalue weighted by molar-refractivity contribution is 7.12. The maximum absolute atomic E-state index is 12.9. The third kappa shape index (κ3) is 5.31. The van der Waals surface area contributed by atoms with Crippen molar-refractivity contribution in [1.29, 1.82) is 0 Å². The predicted molar refractivity (Wildman–Crippen MR) is 125 cm³/mol. The topological polar surface area (TPSA) is 32.8 Å². The number of nitrogens with zero attached hydrogens (tertiary/aromatic N) is 2. The highest BCUT2D eigenvalue weighted by atomic mass is 32.1. The Balaban J connectivity index is 1.26. The van der Waals surface area contributed by atoms with Gasteiger partial charge in [-0.15, -0.1) is 22.7 Å². The molecular formula is C24H28N2O2S2. The molecule has 0 radical (unpaired) electrons. The van der Waals surface area contributed by atoms with Crippen LogP contribution in [0.3, 0.4) is 0 Å². The molecule has 0 N–H and O–H groups in total. The first kappa shape index (κ1) is 21.1. The monoisotopic (exact) mass is 440 g/mol. The summed E-state index contributed by atoms with van der Waals surface area (Å²) in [5.41, 5.74) is 2.36. The summed E-state index contributed by atoms with van der Waals surface area (Å²) >= 11 is 3.31. The van der Waals surface area contributed by atoms with E-state index < -0.39 is 0 Å². The molecule has 2 aromatic heterocycles. The molecule has 4 rings (SSSR count). The molecule has 1 aliphatic heterocycles. The van der Waals surface area contributed by atoms with Crippen LogP contribution >= 0.6 is 22.7 Å². The first-order valence-corrected chi connectivity index (χ1v) is 12.2. The minimum absolute atomic E-state index is 0.142. The molecule has 3 heterocycles. The number of carbonyl (C=O) groups is 1. The molecule has 6 heteroatoms. The Morgan fingerprint density at radius 2 is 1.83 bits per heavy atom. The Kier molecular flexibility index (Phi) is 6.87. The molecule has 4 nitrogen and oxygen atoms in total. The minimum atomic E-state index is 0.142. The van der Waals surface area contributed by atoms with Gasteiger partial charge in [-0.1, -0.05) is 32.0 Å². The molecule has 0 saturated carbocycles. The molecule has 30 heavy (non-hydrogen) atoms. The van der Waals surface area contributed by atoms with Gasteiger partial charge >= 0.3 is 0 Å². The lowest BCUT2D eigenvalue weighted by Crippen LogP contribution is -2.48. The van der Waals surface area contributed by atoms with Gasteiger partial charge < -0.3 is 9.64 Å². The predicted octanol–water partition coefficient (Wildman–Crippen LogP) is 5.47. The fourth-order valence-corrected chi connectivity index (χ4v) is 5.18. The van der Waals surface area contributed by atoms with E-state index in [1.165, 1.54) is 21.8 Å².